The van der Waals surface area contributed by atoms with E-state index in [0.717, 1.165) is 26.9 Å². The minimum atomic E-state index is -0.131. The fraction of sp³-hybridized carbons (Fsp3) is 0.150. The molecule has 0 unspecified atom stereocenters. The van der Waals surface area contributed by atoms with Gasteiger partial charge in [0, 0.05) is 18.7 Å². The average Bonchev–Trinajstić information content (AvgIpc) is 3.31. The van der Waals surface area contributed by atoms with Gasteiger partial charge in [0.25, 0.3) is 5.91 Å². The summed E-state index contributed by atoms with van der Waals surface area (Å²) in [5, 5.41) is 11.0. The van der Waals surface area contributed by atoms with E-state index < -0.39 is 0 Å². The Morgan fingerprint density at radius 2 is 2.04 bits per heavy atom. The molecule has 7 nitrogen and oxygen atoms in total. The van der Waals surface area contributed by atoms with Crippen molar-refractivity contribution in [1.29, 1.82) is 0 Å². The first kappa shape index (κ1) is 18.0. The average molecular weight is 393 g/mol. The van der Waals surface area contributed by atoms with Gasteiger partial charge in [-0.2, -0.15) is 5.10 Å². The van der Waals surface area contributed by atoms with Crippen molar-refractivity contribution in [1.82, 2.24) is 20.1 Å². The standard InChI is InChI=1S/C20H19N5O2S/c1-25-18(9-10-22-25)24-20-23-16-8-7-14(13-17(16)28-20)19(26)21-11-12-27-15-5-3-2-4-6-15/h2-10,13H,11-12H2,1H3,(H,21,26)(H,23,24). The second-order valence-electron chi connectivity index (χ2n) is 6.08. The lowest BCUT2D eigenvalue weighted by Crippen LogP contribution is -2.28. The number of anilines is 2. The molecule has 142 valence electrons. The SMILES string of the molecule is Cn1nccc1Nc1nc2ccc(C(=O)NCCOc3ccccc3)cc2s1. The van der Waals surface area contributed by atoms with Gasteiger partial charge in [0.05, 0.1) is 23.0 Å². The smallest absolute Gasteiger partial charge is 0.251 e. The van der Waals surface area contributed by atoms with Gasteiger partial charge in [0.15, 0.2) is 5.13 Å². The van der Waals surface area contributed by atoms with Crippen molar-refractivity contribution in [3.8, 4) is 5.75 Å². The van der Waals surface area contributed by atoms with Crippen LogP contribution >= 0.6 is 11.3 Å². The summed E-state index contributed by atoms with van der Waals surface area (Å²) in [6.07, 6.45) is 1.72. The molecule has 28 heavy (non-hydrogen) atoms. The third-order valence-corrected chi connectivity index (χ3v) is 5.04. The molecule has 2 aromatic heterocycles. The van der Waals surface area contributed by atoms with E-state index in [9.17, 15) is 4.79 Å². The molecule has 0 saturated carbocycles. The van der Waals surface area contributed by atoms with Gasteiger partial charge >= 0.3 is 0 Å². The highest BCUT2D eigenvalue weighted by Crippen LogP contribution is 2.28. The first-order valence-electron chi connectivity index (χ1n) is 8.81. The predicted molar refractivity (Wildman–Crippen MR) is 110 cm³/mol. The molecule has 2 aromatic carbocycles. The minimum absolute atomic E-state index is 0.131. The van der Waals surface area contributed by atoms with Crippen LogP contribution in [-0.4, -0.2) is 33.8 Å². The molecule has 0 fully saturated rings. The van der Waals surface area contributed by atoms with Gasteiger partial charge in [-0.15, -0.1) is 0 Å². The van der Waals surface area contributed by atoms with Gasteiger partial charge in [0.1, 0.15) is 18.2 Å². The number of amides is 1. The molecule has 0 saturated heterocycles. The number of rotatable bonds is 7. The summed E-state index contributed by atoms with van der Waals surface area (Å²) < 4.78 is 8.27. The number of nitrogens with zero attached hydrogens (tertiary/aromatic N) is 3. The molecule has 0 aliphatic carbocycles. The van der Waals surface area contributed by atoms with Crippen LogP contribution in [-0.2, 0) is 7.05 Å². The monoisotopic (exact) mass is 393 g/mol. The third kappa shape index (κ3) is 4.12. The van der Waals surface area contributed by atoms with Gasteiger partial charge in [0.2, 0.25) is 0 Å². The van der Waals surface area contributed by atoms with Crippen molar-refractivity contribution in [2.45, 2.75) is 0 Å². The Labute approximate surface area is 166 Å². The van der Waals surface area contributed by atoms with E-state index in [-0.39, 0.29) is 5.91 Å². The summed E-state index contributed by atoms with van der Waals surface area (Å²) in [5.41, 5.74) is 1.45. The number of para-hydroxylation sites is 1. The van der Waals surface area contributed by atoms with E-state index in [1.165, 1.54) is 11.3 Å². The summed E-state index contributed by atoms with van der Waals surface area (Å²) >= 11 is 1.49. The number of aromatic nitrogens is 3. The Morgan fingerprint density at radius 3 is 2.82 bits per heavy atom. The van der Waals surface area contributed by atoms with Gasteiger partial charge in [-0.05, 0) is 30.3 Å². The lowest BCUT2D eigenvalue weighted by Gasteiger charge is -2.07. The fourth-order valence-corrected chi connectivity index (χ4v) is 3.59. The van der Waals surface area contributed by atoms with Crippen molar-refractivity contribution >= 4 is 38.4 Å². The molecule has 2 N–H and O–H groups in total. The zero-order valence-electron chi connectivity index (χ0n) is 15.3. The second kappa shape index (κ2) is 8.10. The Bertz CT molecular complexity index is 1090. The molecule has 2 heterocycles. The second-order valence-corrected chi connectivity index (χ2v) is 7.11. The highest BCUT2D eigenvalue weighted by molar-refractivity contribution is 7.22. The minimum Gasteiger partial charge on any atom is -0.492 e. The zero-order valence-corrected chi connectivity index (χ0v) is 16.1. The van der Waals surface area contributed by atoms with Crippen LogP contribution in [0.25, 0.3) is 10.2 Å². The number of hydrogen-bond acceptors (Lipinski definition) is 6. The molecule has 8 heteroatoms. The van der Waals surface area contributed by atoms with Crippen LogP contribution in [0, 0.1) is 0 Å². The number of benzene rings is 2. The summed E-state index contributed by atoms with van der Waals surface area (Å²) in [4.78, 5) is 17.0. The fourth-order valence-electron chi connectivity index (χ4n) is 2.68. The molecular weight excluding hydrogens is 374 g/mol. The maximum Gasteiger partial charge on any atom is 0.251 e. The molecule has 1 amide bonds. The molecule has 0 aliphatic heterocycles. The highest BCUT2D eigenvalue weighted by Gasteiger charge is 2.10. The van der Waals surface area contributed by atoms with Gasteiger partial charge in [-0.3, -0.25) is 9.48 Å². The Kier molecular flexibility index (Phi) is 5.20. The number of aryl methyl sites for hydroxylation is 1. The van der Waals surface area contributed by atoms with Crippen LogP contribution in [0.5, 0.6) is 5.75 Å². The van der Waals surface area contributed by atoms with Gasteiger partial charge in [-0.1, -0.05) is 29.5 Å². The van der Waals surface area contributed by atoms with Crippen LogP contribution in [0.15, 0.2) is 60.8 Å². The topological polar surface area (TPSA) is 81.1 Å². The molecule has 0 bridgehead atoms. The maximum absolute atomic E-state index is 12.4. The van der Waals surface area contributed by atoms with Crippen molar-refractivity contribution in [3.05, 3.63) is 66.4 Å². The van der Waals surface area contributed by atoms with Crippen LogP contribution in [0.3, 0.4) is 0 Å². The number of fused-ring (bicyclic) bond motifs is 1. The lowest BCUT2D eigenvalue weighted by atomic mass is 10.2. The number of carbonyl (C=O) groups excluding carboxylic acids is 1. The largest absolute Gasteiger partial charge is 0.492 e. The summed E-state index contributed by atoms with van der Waals surface area (Å²) in [7, 11) is 1.86. The van der Waals surface area contributed by atoms with Crippen LogP contribution in [0.4, 0.5) is 10.9 Å². The molecule has 0 atom stereocenters. The van der Waals surface area contributed by atoms with Crippen LogP contribution in [0.2, 0.25) is 0 Å². The third-order valence-electron chi connectivity index (χ3n) is 4.11. The van der Waals surface area contributed by atoms with Crippen molar-refractivity contribution < 1.29 is 9.53 Å². The van der Waals surface area contributed by atoms with E-state index in [0.29, 0.717) is 18.7 Å². The number of hydrogen-bond donors (Lipinski definition) is 2. The summed E-state index contributed by atoms with van der Waals surface area (Å²) in [6.45, 7) is 0.846. The first-order valence-corrected chi connectivity index (χ1v) is 9.62. The summed E-state index contributed by atoms with van der Waals surface area (Å²) in [5.74, 6) is 1.51. The lowest BCUT2D eigenvalue weighted by molar-refractivity contribution is 0.0947. The zero-order chi connectivity index (χ0) is 19.3. The molecule has 4 rings (SSSR count). The molecule has 0 spiro atoms. The highest BCUT2D eigenvalue weighted by atomic mass is 32.1. The van der Waals surface area contributed by atoms with E-state index in [2.05, 4.69) is 20.7 Å². The van der Waals surface area contributed by atoms with Crippen molar-refractivity contribution in [2.24, 2.45) is 7.05 Å². The van der Waals surface area contributed by atoms with Gasteiger partial charge in [-0.25, -0.2) is 4.98 Å². The van der Waals surface area contributed by atoms with E-state index in [1.807, 2.05) is 55.6 Å². The Balaban J connectivity index is 1.37. The van der Waals surface area contributed by atoms with Gasteiger partial charge < -0.3 is 15.4 Å². The Hall–Kier alpha value is -3.39. The van der Waals surface area contributed by atoms with Crippen molar-refractivity contribution in [2.75, 3.05) is 18.5 Å². The Morgan fingerprint density at radius 1 is 1.18 bits per heavy atom. The molecule has 0 radical (unpaired) electrons. The van der Waals surface area contributed by atoms with E-state index >= 15 is 0 Å². The quantitative estimate of drug-likeness (QED) is 0.469. The van der Waals surface area contributed by atoms with Crippen LogP contribution in [0.1, 0.15) is 10.4 Å². The molecular formula is C20H19N5O2S. The number of thiazole rings is 1. The normalized spacial score (nSPS) is 10.8. The maximum atomic E-state index is 12.4. The van der Waals surface area contributed by atoms with Crippen molar-refractivity contribution in [3.63, 3.8) is 0 Å². The number of carbonyl (C=O) groups is 1. The first-order chi connectivity index (χ1) is 13.7. The van der Waals surface area contributed by atoms with E-state index in [1.54, 1.807) is 16.9 Å². The number of ether oxygens (including phenoxy) is 1. The van der Waals surface area contributed by atoms with Crippen LogP contribution < -0.4 is 15.4 Å². The number of nitrogens with one attached hydrogen (secondary N) is 2. The predicted octanol–water partition coefficient (Wildman–Crippen LogP) is 3.58. The van der Waals surface area contributed by atoms with E-state index in [4.69, 9.17) is 4.74 Å². The molecule has 4 aromatic rings. The summed E-state index contributed by atoms with van der Waals surface area (Å²) in [6, 6.07) is 16.9. The molecule has 0 aliphatic rings.